The van der Waals surface area contributed by atoms with E-state index in [0.717, 1.165) is 0 Å². The molecule has 0 radical (unpaired) electrons. The van der Waals surface area contributed by atoms with Crippen molar-refractivity contribution in [3.63, 3.8) is 0 Å². The average molecular weight is 470 g/mol. The lowest BCUT2D eigenvalue weighted by Gasteiger charge is -2.15. The number of methoxy groups -OCH3 is 2. The molecule has 9 nitrogen and oxygen atoms in total. The summed E-state index contributed by atoms with van der Waals surface area (Å²) < 4.78 is 48.4. The van der Waals surface area contributed by atoms with Crippen LogP contribution in [0.5, 0.6) is 23.0 Å². The predicted octanol–water partition coefficient (Wildman–Crippen LogP) is 3.49. The first kappa shape index (κ1) is 22.3. The summed E-state index contributed by atoms with van der Waals surface area (Å²) in [6.45, 7) is 0. The van der Waals surface area contributed by atoms with Crippen molar-refractivity contribution >= 4 is 26.7 Å². The Morgan fingerprint density at radius 3 is 2.06 bits per heavy atom. The number of sulfonamides is 1. The van der Waals surface area contributed by atoms with Crippen molar-refractivity contribution < 1.29 is 22.6 Å². The van der Waals surface area contributed by atoms with Crippen LogP contribution >= 0.6 is 0 Å². The first-order chi connectivity index (χ1) is 15.7. The minimum absolute atomic E-state index is 0.0205. The zero-order valence-corrected chi connectivity index (χ0v) is 19.3. The number of benzene rings is 3. The Labute approximate surface area is 190 Å². The SMILES string of the molecule is COc1ccc(S(=O)(=O)Nc2cc3c(cc2Oc2ccccc2)n(C)c(=O)n3C)cc1OC. The van der Waals surface area contributed by atoms with Gasteiger partial charge in [0, 0.05) is 26.2 Å². The molecule has 0 aliphatic heterocycles. The van der Waals surface area contributed by atoms with Crippen LogP contribution < -0.4 is 24.6 Å². The lowest BCUT2D eigenvalue weighted by molar-refractivity contribution is 0.354. The van der Waals surface area contributed by atoms with Crippen LogP contribution in [0.3, 0.4) is 0 Å². The highest BCUT2D eigenvalue weighted by Gasteiger charge is 2.21. The minimum Gasteiger partial charge on any atom is -0.493 e. The van der Waals surface area contributed by atoms with Gasteiger partial charge in [0.1, 0.15) is 5.75 Å². The fourth-order valence-electron chi connectivity index (χ4n) is 3.49. The Hall–Kier alpha value is -3.92. The molecular weight excluding hydrogens is 446 g/mol. The second-order valence-electron chi connectivity index (χ2n) is 7.28. The van der Waals surface area contributed by atoms with Gasteiger partial charge in [-0.1, -0.05) is 18.2 Å². The normalized spacial score (nSPS) is 11.4. The fourth-order valence-corrected chi connectivity index (χ4v) is 4.57. The summed E-state index contributed by atoms with van der Waals surface area (Å²) in [6, 6.07) is 16.5. The summed E-state index contributed by atoms with van der Waals surface area (Å²) in [5, 5.41) is 0. The molecule has 0 saturated heterocycles. The Bertz CT molecular complexity index is 1490. The smallest absolute Gasteiger partial charge is 0.328 e. The van der Waals surface area contributed by atoms with E-state index >= 15 is 0 Å². The van der Waals surface area contributed by atoms with Gasteiger partial charge in [-0.25, -0.2) is 13.2 Å². The highest BCUT2D eigenvalue weighted by atomic mass is 32.2. The van der Waals surface area contributed by atoms with E-state index in [1.54, 1.807) is 50.5 Å². The van der Waals surface area contributed by atoms with Crippen molar-refractivity contribution in [2.45, 2.75) is 4.90 Å². The monoisotopic (exact) mass is 469 g/mol. The van der Waals surface area contributed by atoms with Crippen LogP contribution in [-0.4, -0.2) is 31.8 Å². The molecule has 0 unspecified atom stereocenters. The first-order valence-corrected chi connectivity index (χ1v) is 11.4. The number of ether oxygens (including phenoxy) is 3. The molecule has 0 atom stereocenters. The number of aromatic nitrogens is 2. The van der Waals surface area contributed by atoms with E-state index in [2.05, 4.69) is 4.72 Å². The number of para-hydroxylation sites is 1. The number of hydrogen-bond acceptors (Lipinski definition) is 6. The molecule has 1 N–H and O–H groups in total. The third-order valence-corrected chi connectivity index (χ3v) is 6.62. The number of nitrogens with one attached hydrogen (secondary N) is 1. The zero-order valence-electron chi connectivity index (χ0n) is 18.5. The standard InChI is InChI=1S/C23H23N3O6S/c1-25-18-13-17(24-33(28,29)16-10-11-20(30-3)22(12-16)31-4)21(14-19(18)26(2)23(25)27)32-15-8-6-5-7-9-15/h5-14,24H,1-4H3. The number of aryl methyl sites for hydroxylation is 2. The fraction of sp³-hybridized carbons (Fsp3) is 0.174. The van der Waals surface area contributed by atoms with Gasteiger partial charge in [0.2, 0.25) is 0 Å². The topological polar surface area (TPSA) is 101 Å². The minimum atomic E-state index is -4.03. The molecule has 0 aliphatic carbocycles. The molecule has 0 saturated carbocycles. The van der Waals surface area contributed by atoms with Gasteiger partial charge in [-0.2, -0.15) is 0 Å². The molecule has 3 aromatic carbocycles. The van der Waals surface area contributed by atoms with Crippen molar-refractivity contribution in [2.24, 2.45) is 14.1 Å². The molecule has 0 bridgehead atoms. The second-order valence-corrected chi connectivity index (χ2v) is 8.96. The van der Waals surface area contributed by atoms with E-state index in [4.69, 9.17) is 14.2 Å². The van der Waals surface area contributed by atoms with Crippen LogP contribution in [0.2, 0.25) is 0 Å². The lowest BCUT2D eigenvalue weighted by atomic mass is 10.2. The van der Waals surface area contributed by atoms with Crippen LogP contribution in [0.1, 0.15) is 0 Å². The molecular formula is C23H23N3O6S. The van der Waals surface area contributed by atoms with Gasteiger partial charge in [-0.3, -0.25) is 13.9 Å². The van der Waals surface area contributed by atoms with Crippen LogP contribution in [0, 0.1) is 0 Å². The molecule has 33 heavy (non-hydrogen) atoms. The molecule has 4 aromatic rings. The Kier molecular flexibility index (Phi) is 5.77. The number of fused-ring (bicyclic) bond motifs is 1. The van der Waals surface area contributed by atoms with E-state index < -0.39 is 10.0 Å². The molecule has 4 rings (SSSR count). The molecule has 1 heterocycles. The maximum atomic E-state index is 13.2. The molecule has 0 spiro atoms. The highest BCUT2D eigenvalue weighted by Crippen LogP contribution is 2.36. The molecule has 0 aliphatic rings. The number of rotatable bonds is 7. The van der Waals surface area contributed by atoms with Crippen LogP contribution in [0.4, 0.5) is 5.69 Å². The summed E-state index contributed by atoms with van der Waals surface area (Å²) >= 11 is 0. The molecule has 0 fully saturated rings. The maximum Gasteiger partial charge on any atom is 0.328 e. The third kappa shape index (κ3) is 4.12. The predicted molar refractivity (Wildman–Crippen MR) is 125 cm³/mol. The summed E-state index contributed by atoms with van der Waals surface area (Å²) in [7, 11) is 2.13. The van der Waals surface area contributed by atoms with Gasteiger partial charge in [0.25, 0.3) is 10.0 Å². The van der Waals surface area contributed by atoms with Crippen LogP contribution in [-0.2, 0) is 24.1 Å². The quantitative estimate of drug-likeness (QED) is 0.445. The van der Waals surface area contributed by atoms with E-state index in [0.29, 0.717) is 22.5 Å². The van der Waals surface area contributed by atoms with Crippen LogP contribution in [0.15, 0.2) is 70.4 Å². The summed E-state index contributed by atoms with van der Waals surface area (Å²) in [5.41, 5.74) is 1.09. The van der Waals surface area contributed by atoms with Crippen molar-refractivity contribution in [3.8, 4) is 23.0 Å². The summed E-state index contributed by atoms with van der Waals surface area (Å²) in [4.78, 5) is 12.4. The molecule has 172 valence electrons. The number of anilines is 1. The third-order valence-electron chi connectivity index (χ3n) is 5.25. The Morgan fingerprint density at radius 1 is 0.788 bits per heavy atom. The van der Waals surface area contributed by atoms with E-state index in [-0.39, 0.29) is 27.8 Å². The number of imidazole rings is 1. The highest BCUT2D eigenvalue weighted by molar-refractivity contribution is 7.92. The van der Waals surface area contributed by atoms with Gasteiger partial charge < -0.3 is 14.2 Å². The average Bonchev–Trinajstić information content (AvgIpc) is 3.02. The summed E-state index contributed by atoms with van der Waals surface area (Å²) in [6.07, 6.45) is 0. The maximum absolute atomic E-state index is 13.2. The van der Waals surface area contributed by atoms with Gasteiger partial charge in [0.05, 0.1) is 35.8 Å². The van der Waals surface area contributed by atoms with Crippen LogP contribution in [0.25, 0.3) is 11.0 Å². The van der Waals surface area contributed by atoms with E-state index in [1.807, 2.05) is 6.07 Å². The summed E-state index contributed by atoms with van der Waals surface area (Å²) in [5.74, 6) is 1.45. The molecule has 10 heteroatoms. The molecule has 1 aromatic heterocycles. The lowest BCUT2D eigenvalue weighted by Crippen LogP contribution is -2.19. The van der Waals surface area contributed by atoms with Gasteiger partial charge >= 0.3 is 5.69 Å². The van der Waals surface area contributed by atoms with Crippen molar-refractivity contribution in [2.75, 3.05) is 18.9 Å². The second kappa shape index (κ2) is 8.55. The van der Waals surface area contributed by atoms with Gasteiger partial charge in [-0.05, 0) is 30.3 Å². The zero-order chi connectivity index (χ0) is 23.8. The largest absolute Gasteiger partial charge is 0.493 e. The number of nitrogens with zero attached hydrogens (tertiary/aromatic N) is 2. The van der Waals surface area contributed by atoms with E-state index in [9.17, 15) is 13.2 Å². The van der Waals surface area contributed by atoms with Crippen molar-refractivity contribution in [1.29, 1.82) is 0 Å². The molecule has 0 amide bonds. The van der Waals surface area contributed by atoms with E-state index in [1.165, 1.54) is 41.6 Å². The van der Waals surface area contributed by atoms with Crippen molar-refractivity contribution in [1.82, 2.24) is 9.13 Å². The van der Waals surface area contributed by atoms with Crippen molar-refractivity contribution in [3.05, 3.63) is 71.1 Å². The first-order valence-electron chi connectivity index (χ1n) is 9.92. The van der Waals surface area contributed by atoms with Gasteiger partial charge in [0.15, 0.2) is 17.2 Å². The Balaban J connectivity index is 1.84. The Morgan fingerprint density at radius 2 is 1.42 bits per heavy atom. The van der Waals surface area contributed by atoms with Gasteiger partial charge in [-0.15, -0.1) is 0 Å². The number of hydrogen-bond donors (Lipinski definition) is 1.